The molecule has 42 heavy (non-hydrogen) atoms. The van der Waals surface area contributed by atoms with E-state index in [1.807, 2.05) is 6.92 Å². The molecule has 0 aromatic heterocycles. The van der Waals surface area contributed by atoms with Gasteiger partial charge in [0.25, 0.3) is 10.0 Å². The van der Waals surface area contributed by atoms with E-state index in [0.717, 1.165) is 35.6 Å². The number of methoxy groups -OCH3 is 1. The first-order valence-electron chi connectivity index (χ1n) is 13.8. The topological polar surface area (TPSA) is 96.0 Å². The molecule has 0 bridgehead atoms. The molecule has 0 heterocycles. The first-order valence-corrected chi connectivity index (χ1v) is 16.0. The maximum absolute atomic E-state index is 14.1. The normalized spacial score (nSPS) is 14.3. The van der Waals surface area contributed by atoms with Crippen molar-refractivity contribution in [2.24, 2.45) is 0 Å². The van der Waals surface area contributed by atoms with Crippen LogP contribution in [0, 0.1) is 6.92 Å². The van der Waals surface area contributed by atoms with E-state index in [0.29, 0.717) is 27.0 Å². The van der Waals surface area contributed by atoms with Crippen molar-refractivity contribution >= 4 is 50.7 Å². The summed E-state index contributed by atoms with van der Waals surface area (Å²) in [7, 11) is -2.69. The molecule has 3 aromatic rings. The molecule has 1 fully saturated rings. The molecule has 1 N–H and O–H groups in total. The van der Waals surface area contributed by atoms with Crippen LogP contribution in [0.2, 0.25) is 10.0 Å². The number of benzene rings is 3. The second-order valence-corrected chi connectivity index (χ2v) is 13.2. The average Bonchev–Trinajstić information content (AvgIpc) is 3.48. The molecule has 2 amide bonds. The number of halogens is 2. The number of anilines is 1. The molecule has 1 atom stereocenters. The summed E-state index contributed by atoms with van der Waals surface area (Å²) in [5, 5.41) is 3.82. The van der Waals surface area contributed by atoms with Gasteiger partial charge in [-0.25, -0.2) is 8.42 Å². The summed E-state index contributed by atoms with van der Waals surface area (Å²) in [5.74, 6) is -0.368. The van der Waals surface area contributed by atoms with Crippen molar-refractivity contribution in [3.63, 3.8) is 0 Å². The summed E-state index contributed by atoms with van der Waals surface area (Å²) in [4.78, 5) is 28.8. The summed E-state index contributed by atoms with van der Waals surface area (Å²) < 4.78 is 34.2. The number of hydrogen-bond donors (Lipinski definition) is 1. The lowest BCUT2D eigenvalue weighted by Gasteiger charge is -2.32. The number of carbonyl (C=O) groups excluding carboxylic acids is 2. The molecule has 4 rings (SSSR count). The summed E-state index contributed by atoms with van der Waals surface area (Å²) in [6.45, 7) is 2.97. The Labute approximate surface area is 257 Å². The summed E-state index contributed by atoms with van der Waals surface area (Å²) in [5.41, 5.74) is 1.83. The molecule has 1 aliphatic carbocycles. The number of nitrogens with zero attached hydrogens (tertiary/aromatic N) is 2. The van der Waals surface area contributed by atoms with E-state index in [1.165, 1.54) is 24.1 Å². The Morgan fingerprint density at radius 1 is 1.00 bits per heavy atom. The van der Waals surface area contributed by atoms with Crippen LogP contribution in [0.15, 0.2) is 71.6 Å². The van der Waals surface area contributed by atoms with Gasteiger partial charge in [0.2, 0.25) is 11.8 Å². The number of hydrogen-bond acceptors (Lipinski definition) is 5. The minimum atomic E-state index is -4.19. The lowest BCUT2D eigenvalue weighted by Crippen LogP contribution is -2.52. The maximum Gasteiger partial charge on any atom is 0.264 e. The van der Waals surface area contributed by atoms with Crippen LogP contribution in [0.3, 0.4) is 0 Å². The van der Waals surface area contributed by atoms with Gasteiger partial charge < -0.3 is 15.0 Å². The zero-order valence-electron chi connectivity index (χ0n) is 23.8. The van der Waals surface area contributed by atoms with E-state index in [-0.39, 0.29) is 23.4 Å². The second-order valence-electron chi connectivity index (χ2n) is 10.4. The van der Waals surface area contributed by atoms with E-state index < -0.39 is 28.5 Å². The Balaban J connectivity index is 1.70. The van der Waals surface area contributed by atoms with Crippen molar-refractivity contribution in [1.29, 1.82) is 0 Å². The predicted molar refractivity (Wildman–Crippen MR) is 166 cm³/mol. The molecule has 224 valence electrons. The van der Waals surface area contributed by atoms with Crippen LogP contribution in [0.1, 0.15) is 43.7 Å². The zero-order chi connectivity index (χ0) is 30.4. The van der Waals surface area contributed by atoms with Crippen molar-refractivity contribution in [3.8, 4) is 5.75 Å². The molecule has 1 aliphatic rings. The highest BCUT2D eigenvalue weighted by Gasteiger charge is 2.33. The molecule has 3 aromatic carbocycles. The van der Waals surface area contributed by atoms with Crippen molar-refractivity contribution in [1.82, 2.24) is 10.2 Å². The third-order valence-electron chi connectivity index (χ3n) is 7.47. The Hall–Kier alpha value is -3.27. The van der Waals surface area contributed by atoms with Crippen molar-refractivity contribution in [2.45, 2.75) is 63.1 Å². The smallest absolute Gasteiger partial charge is 0.264 e. The number of ether oxygens (including phenoxy) is 1. The standard InChI is InChI=1S/C31H35Cl2N3O5S/c1-21-8-12-26(13-9-21)36(42(39,40)28-16-14-27(41-3)15-17-28)20-30(37)35(19-23-10-11-24(32)18-29(23)33)22(2)31(38)34-25-6-4-5-7-25/h8-18,22,25H,4-7,19-20H2,1-3H3,(H,34,38). The third-order valence-corrected chi connectivity index (χ3v) is 9.85. The van der Waals surface area contributed by atoms with Gasteiger partial charge in [0, 0.05) is 22.6 Å². The van der Waals surface area contributed by atoms with Crippen molar-refractivity contribution in [2.75, 3.05) is 18.0 Å². The van der Waals surface area contributed by atoms with Crippen LogP contribution in [0.4, 0.5) is 5.69 Å². The number of aryl methyl sites for hydroxylation is 1. The minimum absolute atomic E-state index is 0.00371. The Kier molecular flexibility index (Phi) is 10.4. The Morgan fingerprint density at radius 3 is 2.24 bits per heavy atom. The van der Waals surface area contributed by atoms with Gasteiger partial charge in [-0.2, -0.15) is 0 Å². The van der Waals surface area contributed by atoms with Gasteiger partial charge in [0.15, 0.2) is 0 Å². The van der Waals surface area contributed by atoms with Crippen LogP contribution in [0.25, 0.3) is 0 Å². The summed E-state index contributed by atoms with van der Waals surface area (Å²) in [6.07, 6.45) is 3.85. The first kappa shape index (κ1) is 31.7. The van der Waals surface area contributed by atoms with Gasteiger partial charge in [0.1, 0.15) is 18.3 Å². The van der Waals surface area contributed by atoms with Gasteiger partial charge in [-0.05, 0) is 80.8 Å². The SMILES string of the molecule is COc1ccc(S(=O)(=O)N(CC(=O)N(Cc2ccc(Cl)cc2Cl)C(C)C(=O)NC2CCCC2)c2ccc(C)cc2)cc1. The fourth-order valence-corrected chi connectivity index (χ4v) is 6.81. The van der Waals surface area contributed by atoms with E-state index >= 15 is 0 Å². The molecule has 1 unspecified atom stereocenters. The zero-order valence-corrected chi connectivity index (χ0v) is 26.2. The molecule has 0 aliphatic heterocycles. The van der Waals surface area contributed by atoms with Crippen molar-refractivity contribution in [3.05, 3.63) is 87.9 Å². The summed E-state index contributed by atoms with van der Waals surface area (Å²) >= 11 is 12.5. The number of sulfonamides is 1. The molecule has 1 saturated carbocycles. The van der Waals surface area contributed by atoms with Crippen LogP contribution < -0.4 is 14.4 Å². The monoisotopic (exact) mass is 631 g/mol. The van der Waals surface area contributed by atoms with E-state index in [1.54, 1.807) is 61.5 Å². The molecular weight excluding hydrogens is 597 g/mol. The van der Waals surface area contributed by atoms with E-state index in [4.69, 9.17) is 27.9 Å². The first-order chi connectivity index (χ1) is 20.0. The average molecular weight is 633 g/mol. The fraction of sp³-hybridized carbons (Fsp3) is 0.355. The molecule has 11 heteroatoms. The van der Waals surface area contributed by atoms with Gasteiger partial charge in [-0.15, -0.1) is 0 Å². The lowest BCUT2D eigenvalue weighted by atomic mass is 10.1. The largest absolute Gasteiger partial charge is 0.497 e. The second kappa shape index (κ2) is 13.8. The molecule has 0 radical (unpaired) electrons. The van der Waals surface area contributed by atoms with Crippen LogP contribution in [0.5, 0.6) is 5.75 Å². The van der Waals surface area contributed by atoms with Gasteiger partial charge in [-0.3, -0.25) is 13.9 Å². The van der Waals surface area contributed by atoms with Crippen LogP contribution >= 0.6 is 23.2 Å². The van der Waals surface area contributed by atoms with E-state index in [2.05, 4.69) is 5.32 Å². The van der Waals surface area contributed by atoms with Crippen LogP contribution in [-0.4, -0.2) is 50.9 Å². The number of nitrogens with one attached hydrogen (secondary N) is 1. The highest BCUT2D eigenvalue weighted by atomic mass is 35.5. The predicted octanol–water partition coefficient (Wildman–Crippen LogP) is 5.98. The van der Waals surface area contributed by atoms with Gasteiger partial charge in [-0.1, -0.05) is 59.8 Å². The number of rotatable bonds is 11. The molecular formula is C31H35Cl2N3O5S. The highest BCUT2D eigenvalue weighted by Crippen LogP contribution is 2.28. The van der Waals surface area contributed by atoms with Crippen LogP contribution in [-0.2, 0) is 26.2 Å². The Bertz CT molecular complexity index is 1510. The third kappa shape index (κ3) is 7.56. The van der Waals surface area contributed by atoms with Crippen molar-refractivity contribution < 1.29 is 22.7 Å². The Morgan fingerprint density at radius 2 is 1.64 bits per heavy atom. The molecule has 0 spiro atoms. The number of amides is 2. The molecule has 0 saturated heterocycles. The van der Waals surface area contributed by atoms with Gasteiger partial charge >= 0.3 is 0 Å². The van der Waals surface area contributed by atoms with Gasteiger partial charge in [0.05, 0.1) is 17.7 Å². The quantitative estimate of drug-likeness (QED) is 0.281. The minimum Gasteiger partial charge on any atom is -0.497 e. The summed E-state index contributed by atoms with van der Waals surface area (Å²) in [6, 6.07) is 16.9. The molecule has 8 nitrogen and oxygen atoms in total. The highest BCUT2D eigenvalue weighted by molar-refractivity contribution is 7.92. The maximum atomic E-state index is 14.1. The number of carbonyl (C=O) groups is 2. The van der Waals surface area contributed by atoms with E-state index in [9.17, 15) is 18.0 Å². The lowest BCUT2D eigenvalue weighted by molar-refractivity contribution is -0.139. The fourth-order valence-electron chi connectivity index (χ4n) is 4.92.